The number of pyridine rings is 1. The van der Waals surface area contributed by atoms with Crippen LogP contribution in [0.4, 0.5) is 10.2 Å². The Labute approximate surface area is 150 Å². The van der Waals surface area contributed by atoms with Crippen molar-refractivity contribution in [2.24, 2.45) is 0 Å². The molecule has 7 nitrogen and oxygen atoms in total. The molecule has 1 aliphatic rings. The van der Waals surface area contributed by atoms with Crippen LogP contribution in [-0.2, 0) is 15.8 Å². The van der Waals surface area contributed by atoms with E-state index in [2.05, 4.69) is 4.98 Å². The molecule has 0 saturated carbocycles. The van der Waals surface area contributed by atoms with Gasteiger partial charge in [0.1, 0.15) is 17.2 Å². The van der Waals surface area contributed by atoms with E-state index in [0.29, 0.717) is 24.5 Å². The second kappa shape index (κ2) is 7.38. The summed E-state index contributed by atoms with van der Waals surface area (Å²) < 4.78 is 39.5. The smallest absolute Gasteiger partial charge is 0.339 e. The van der Waals surface area contributed by atoms with Gasteiger partial charge in [-0.15, -0.1) is 0 Å². The molecule has 0 aliphatic carbocycles. The van der Waals surface area contributed by atoms with Crippen LogP contribution in [0.1, 0.15) is 15.9 Å². The van der Waals surface area contributed by atoms with E-state index < -0.39 is 21.8 Å². The molecule has 2 heterocycles. The summed E-state index contributed by atoms with van der Waals surface area (Å²) in [5, 5.41) is 9.26. The fraction of sp³-hybridized carbons (Fsp3) is 0.294. The van der Waals surface area contributed by atoms with Gasteiger partial charge in [0, 0.05) is 32.4 Å². The summed E-state index contributed by atoms with van der Waals surface area (Å²) in [5.74, 6) is -1.34. The van der Waals surface area contributed by atoms with Gasteiger partial charge in [-0.2, -0.15) is 4.31 Å². The first-order valence-corrected chi connectivity index (χ1v) is 9.63. The van der Waals surface area contributed by atoms with Gasteiger partial charge in [-0.1, -0.05) is 12.1 Å². The number of benzene rings is 1. The normalized spacial score (nSPS) is 15.8. The van der Waals surface area contributed by atoms with Crippen molar-refractivity contribution in [3.63, 3.8) is 0 Å². The van der Waals surface area contributed by atoms with Crippen LogP contribution in [0.25, 0.3) is 0 Å². The second-order valence-electron chi connectivity index (χ2n) is 5.95. The summed E-state index contributed by atoms with van der Waals surface area (Å²) in [6, 6.07) is 8.40. The third kappa shape index (κ3) is 4.00. The highest BCUT2D eigenvalue weighted by molar-refractivity contribution is 7.88. The standard InChI is InChI=1S/C17H18FN3O4S/c18-14-5-3-13(4-6-14)12-26(24,25)21-10-8-20(9-11-21)16-15(17(22)23)2-1-7-19-16/h1-7H,8-12H2,(H,22,23). The van der Waals surface area contributed by atoms with E-state index in [0.717, 1.165) is 0 Å². The highest BCUT2D eigenvalue weighted by Crippen LogP contribution is 2.21. The summed E-state index contributed by atoms with van der Waals surface area (Å²) >= 11 is 0. The van der Waals surface area contributed by atoms with Crippen LogP contribution in [0.5, 0.6) is 0 Å². The summed E-state index contributed by atoms with van der Waals surface area (Å²) in [6.45, 7) is 1.16. The Morgan fingerprint density at radius 3 is 2.38 bits per heavy atom. The van der Waals surface area contributed by atoms with E-state index in [-0.39, 0.29) is 24.4 Å². The molecule has 26 heavy (non-hydrogen) atoms. The van der Waals surface area contributed by atoms with Gasteiger partial charge in [0.05, 0.1) is 5.75 Å². The maximum atomic E-state index is 13.0. The number of halogens is 1. The largest absolute Gasteiger partial charge is 0.478 e. The van der Waals surface area contributed by atoms with Crippen LogP contribution < -0.4 is 4.90 Å². The SMILES string of the molecule is O=C(O)c1cccnc1N1CCN(S(=O)(=O)Cc2ccc(F)cc2)CC1. The van der Waals surface area contributed by atoms with Crippen molar-refractivity contribution in [2.45, 2.75) is 5.75 Å². The predicted octanol–water partition coefficient (Wildman–Crippen LogP) is 1.57. The topological polar surface area (TPSA) is 90.8 Å². The van der Waals surface area contributed by atoms with Gasteiger partial charge in [0.15, 0.2) is 0 Å². The molecule has 138 valence electrons. The highest BCUT2D eigenvalue weighted by atomic mass is 32.2. The number of piperazine rings is 1. The Morgan fingerprint density at radius 1 is 1.12 bits per heavy atom. The minimum absolute atomic E-state index is 0.0927. The Kier molecular flexibility index (Phi) is 5.19. The van der Waals surface area contributed by atoms with Crippen molar-refractivity contribution < 1.29 is 22.7 Å². The number of carboxylic acid groups (broad SMARTS) is 1. The van der Waals surface area contributed by atoms with Crippen LogP contribution in [0.2, 0.25) is 0 Å². The van der Waals surface area contributed by atoms with E-state index in [9.17, 15) is 22.7 Å². The van der Waals surface area contributed by atoms with Gasteiger partial charge < -0.3 is 10.0 Å². The fourth-order valence-corrected chi connectivity index (χ4v) is 4.39. The molecule has 0 radical (unpaired) electrons. The first kappa shape index (κ1) is 18.3. The molecule has 1 saturated heterocycles. The molecule has 0 amide bonds. The zero-order chi connectivity index (χ0) is 18.7. The number of anilines is 1. The van der Waals surface area contributed by atoms with Crippen molar-refractivity contribution in [2.75, 3.05) is 31.1 Å². The van der Waals surface area contributed by atoms with Crippen LogP contribution in [-0.4, -0.2) is 55.0 Å². The van der Waals surface area contributed by atoms with Gasteiger partial charge in [-0.05, 0) is 29.8 Å². The van der Waals surface area contributed by atoms with Gasteiger partial charge in [0.25, 0.3) is 0 Å². The molecule has 9 heteroatoms. The molecular formula is C17H18FN3O4S. The van der Waals surface area contributed by atoms with Gasteiger partial charge in [-0.3, -0.25) is 0 Å². The zero-order valence-electron chi connectivity index (χ0n) is 13.9. The molecule has 0 unspecified atom stereocenters. The van der Waals surface area contributed by atoms with E-state index in [1.807, 2.05) is 0 Å². The Balaban J connectivity index is 1.68. The third-order valence-corrected chi connectivity index (χ3v) is 6.06. The fourth-order valence-electron chi connectivity index (χ4n) is 2.88. The van der Waals surface area contributed by atoms with Crippen molar-refractivity contribution in [1.29, 1.82) is 0 Å². The van der Waals surface area contributed by atoms with Crippen molar-refractivity contribution in [3.8, 4) is 0 Å². The molecule has 1 aromatic carbocycles. The molecule has 1 aromatic heterocycles. The lowest BCUT2D eigenvalue weighted by atomic mass is 10.2. The number of hydrogen-bond donors (Lipinski definition) is 1. The molecule has 3 rings (SSSR count). The van der Waals surface area contributed by atoms with Crippen LogP contribution in [0.15, 0.2) is 42.6 Å². The lowest BCUT2D eigenvalue weighted by Gasteiger charge is -2.35. The number of hydrogen-bond acceptors (Lipinski definition) is 5. The van der Waals surface area contributed by atoms with Crippen molar-refractivity contribution in [3.05, 3.63) is 59.5 Å². The Hall–Kier alpha value is -2.52. The number of aromatic carboxylic acids is 1. The van der Waals surface area contributed by atoms with Crippen molar-refractivity contribution >= 4 is 21.8 Å². The number of carboxylic acids is 1. The Bertz CT molecular complexity index is 894. The molecule has 0 spiro atoms. The van der Waals surface area contributed by atoms with E-state index in [4.69, 9.17) is 0 Å². The Morgan fingerprint density at radius 2 is 1.77 bits per heavy atom. The van der Waals surface area contributed by atoms with Crippen LogP contribution in [0.3, 0.4) is 0 Å². The van der Waals surface area contributed by atoms with E-state index in [1.165, 1.54) is 40.8 Å². The molecule has 1 aliphatic heterocycles. The van der Waals surface area contributed by atoms with Crippen molar-refractivity contribution in [1.82, 2.24) is 9.29 Å². The van der Waals surface area contributed by atoms with E-state index >= 15 is 0 Å². The summed E-state index contributed by atoms with van der Waals surface area (Å²) in [5.41, 5.74) is 0.613. The van der Waals surface area contributed by atoms with E-state index in [1.54, 1.807) is 11.0 Å². The van der Waals surface area contributed by atoms with Crippen LogP contribution >= 0.6 is 0 Å². The predicted molar refractivity (Wildman–Crippen MR) is 94.0 cm³/mol. The minimum Gasteiger partial charge on any atom is -0.478 e. The number of carbonyl (C=O) groups is 1. The zero-order valence-corrected chi connectivity index (χ0v) is 14.7. The quantitative estimate of drug-likeness (QED) is 0.848. The first-order chi connectivity index (χ1) is 12.4. The molecule has 0 bridgehead atoms. The molecule has 2 aromatic rings. The summed E-state index contributed by atoms with van der Waals surface area (Å²) in [6.07, 6.45) is 1.51. The number of nitrogens with zero attached hydrogens (tertiary/aromatic N) is 3. The lowest BCUT2D eigenvalue weighted by Crippen LogP contribution is -2.49. The summed E-state index contributed by atoms with van der Waals surface area (Å²) in [4.78, 5) is 17.2. The monoisotopic (exact) mass is 379 g/mol. The number of aromatic nitrogens is 1. The molecular weight excluding hydrogens is 361 g/mol. The maximum Gasteiger partial charge on any atom is 0.339 e. The number of rotatable bonds is 5. The van der Waals surface area contributed by atoms with Gasteiger partial charge in [0.2, 0.25) is 10.0 Å². The summed E-state index contributed by atoms with van der Waals surface area (Å²) in [7, 11) is -3.53. The molecule has 0 atom stereocenters. The number of sulfonamides is 1. The average Bonchev–Trinajstić information content (AvgIpc) is 2.63. The van der Waals surface area contributed by atoms with Crippen LogP contribution in [0, 0.1) is 5.82 Å². The average molecular weight is 379 g/mol. The maximum absolute atomic E-state index is 13.0. The second-order valence-corrected chi connectivity index (χ2v) is 7.92. The first-order valence-electron chi connectivity index (χ1n) is 8.02. The molecule has 1 fully saturated rings. The molecule has 1 N–H and O–H groups in total. The van der Waals surface area contributed by atoms with Gasteiger partial charge in [-0.25, -0.2) is 22.6 Å². The highest BCUT2D eigenvalue weighted by Gasteiger charge is 2.29. The lowest BCUT2D eigenvalue weighted by molar-refractivity contribution is 0.0697. The minimum atomic E-state index is -3.53. The third-order valence-electron chi connectivity index (χ3n) is 4.21. The van der Waals surface area contributed by atoms with Gasteiger partial charge >= 0.3 is 5.97 Å².